The van der Waals surface area contributed by atoms with E-state index in [1.54, 1.807) is 11.8 Å². The van der Waals surface area contributed by atoms with Gasteiger partial charge in [0.2, 0.25) is 5.91 Å². The zero-order chi connectivity index (χ0) is 13.2. The summed E-state index contributed by atoms with van der Waals surface area (Å²) in [7, 11) is 0. The Bertz CT molecular complexity index is 354. The Morgan fingerprint density at radius 3 is 3.00 bits per heavy atom. The van der Waals surface area contributed by atoms with Crippen LogP contribution in [-0.2, 0) is 4.79 Å². The van der Waals surface area contributed by atoms with E-state index in [4.69, 9.17) is 0 Å². The van der Waals surface area contributed by atoms with Crippen LogP contribution < -0.4 is 10.6 Å². The molecule has 18 heavy (non-hydrogen) atoms. The number of hydrogen-bond donors (Lipinski definition) is 2. The lowest BCUT2D eigenvalue weighted by Crippen LogP contribution is -2.48. The molecule has 1 aliphatic heterocycles. The molecule has 1 amide bonds. The Labute approximate surface area is 113 Å². The molecule has 0 aromatic rings. The van der Waals surface area contributed by atoms with Crippen molar-refractivity contribution in [2.45, 2.75) is 64.1 Å². The molecule has 1 aliphatic carbocycles. The third kappa shape index (κ3) is 3.64. The maximum absolute atomic E-state index is 11.8. The number of amides is 1. The van der Waals surface area contributed by atoms with E-state index in [9.17, 15) is 4.79 Å². The zero-order valence-electron chi connectivity index (χ0n) is 11.5. The molecule has 0 radical (unpaired) electrons. The van der Waals surface area contributed by atoms with Gasteiger partial charge in [0.1, 0.15) is 6.04 Å². The first-order valence-corrected chi connectivity index (χ1v) is 7.80. The average molecular weight is 269 g/mol. The number of carbonyl (C=O) groups is 1. The highest BCUT2D eigenvalue weighted by atomic mass is 32.2. The highest BCUT2D eigenvalue weighted by Gasteiger charge is 2.29. The van der Waals surface area contributed by atoms with Crippen LogP contribution in [0.4, 0.5) is 0 Å². The van der Waals surface area contributed by atoms with Crippen molar-refractivity contribution < 1.29 is 4.79 Å². The van der Waals surface area contributed by atoms with Gasteiger partial charge in [-0.05, 0) is 39.5 Å². The van der Waals surface area contributed by atoms with Gasteiger partial charge in [0.25, 0.3) is 0 Å². The van der Waals surface area contributed by atoms with Gasteiger partial charge in [-0.25, -0.2) is 4.99 Å². The second-order valence-corrected chi connectivity index (χ2v) is 6.61. The summed E-state index contributed by atoms with van der Waals surface area (Å²) in [6.07, 6.45) is 4.47. The fourth-order valence-electron chi connectivity index (χ4n) is 1.85. The van der Waals surface area contributed by atoms with Gasteiger partial charge in [-0.3, -0.25) is 4.79 Å². The molecule has 1 saturated carbocycles. The number of thioether (sulfide) groups is 1. The lowest BCUT2D eigenvalue weighted by Gasteiger charge is -2.35. The lowest BCUT2D eigenvalue weighted by atomic mass is 9.96. The van der Waals surface area contributed by atoms with E-state index in [0.29, 0.717) is 6.04 Å². The molecular formula is C13H23N3OS. The molecular weight excluding hydrogens is 246 g/mol. The third-order valence-corrected chi connectivity index (χ3v) is 4.58. The second-order valence-electron chi connectivity index (χ2n) is 5.53. The molecule has 2 atom stereocenters. The monoisotopic (exact) mass is 269 g/mol. The summed E-state index contributed by atoms with van der Waals surface area (Å²) in [5.41, 5.74) is 0.136. The van der Waals surface area contributed by atoms with E-state index in [0.717, 1.165) is 36.6 Å². The molecule has 0 aromatic heterocycles. The Morgan fingerprint density at radius 1 is 1.67 bits per heavy atom. The number of rotatable bonds is 4. The number of hydrogen-bond acceptors (Lipinski definition) is 3. The number of aliphatic imine (C=N–C) groups is 1. The van der Waals surface area contributed by atoms with E-state index in [1.807, 2.05) is 6.92 Å². The number of carbonyl (C=O) groups excluding carboxylic acids is 1. The minimum absolute atomic E-state index is 0.0520. The second kappa shape index (κ2) is 5.51. The quantitative estimate of drug-likeness (QED) is 0.819. The smallest absolute Gasteiger partial charge is 0.244 e. The highest BCUT2D eigenvalue weighted by Crippen LogP contribution is 2.25. The lowest BCUT2D eigenvalue weighted by molar-refractivity contribution is -0.122. The Balaban J connectivity index is 1.92. The van der Waals surface area contributed by atoms with Crippen LogP contribution in [0.1, 0.15) is 46.5 Å². The van der Waals surface area contributed by atoms with Gasteiger partial charge in [-0.1, -0.05) is 18.7 Å². The summed E-state index contributed by atoms with van der Waals surface area (Å²) in [6.45, 7) is 6.27. The van der Waals surface area contributed by atoms with Crippen molar-refractivity contribution in [1.29, 1.82) is 0 Å². The van der Waals surface area contributed by atoms with Crippen molar-refractivity contribution in [3.8, 4) is 0 Å². The molecule has 2 fully saturated rings. The molecule has 4 nitrogen and oxygen atoms in total. The van der Waals surface area contributed by atoms with Gasteiger partial charge in [0.15, 0.2) is 5.17 Å². The van der Waals surface area contributed by atoms with E-state index in [1.165, 1.54) is 0 Å². The molecule has 1 heterocycles. The van der Waals surface area contributed by atoms with Crippen molar-refractivity contribution in [1.82, 2.24) is 10.6 Å². The molecule has 1 saturated heterocycles. The number of nitrogens with zero attached hydrogens (tertiary/aromatic N) is 1. The SMILES string of the molecule is CCC1(C)CCSC(=NC(C)C(=O)NC2CC2)N1. The van der Waals surface area contributed by atoms with Gasteiger partial charge < -0.3 is 10.6 Å². The van der Waals surface area contributed by atoms with Gasteiger partial charge in [-0.15, -0.1) is 0 Å². The standard InChI is InChI=1S/C13H23N3OS/c1-4-13(3)7-8-18-12(16-13)14-9(2)11(17)15-10-5-6-10/h9-10H,4-8H2,1-3H3,(H,14,16)(H,15,17). The molecule has 0 aromatic carbocycles. The van der Waals surface area contributed by atoms with Crippen molar-refractivity contribution in [3.63, 3.8) is 0 Å². The van der Waals surface area contributed by atoms with E-state index >= 15 is 0 Å². The van der Waals surface area contributed by atoms with Crippen LogP contribution >= 0.6 is 11.8 Å². The summed E-state index contributed by atoms with van der Waals surface area (Å²) < 4.78 is 0. The Kier molecular flexibility index (Phi) is 4.20. The summed E-state index contributed by atoms with van der Waals surface area (Å²) in [5, 5.41) is 7.38. The average Bonchev–Trinajstić information content (AvgIpc) is 3.13. The predicted molar refractivity (Wildman–Crippen MR) is 77.0 cm³/mol. The first-order valence-electron chi connectivity index (χ1n) is 6.81. The van der Waals surface area contributed by atoms with Gasteiger partial charge in [-0.2, -0.15) is 0 Å². The van der Waals surface area contributed by atoms with Gasteiger partial charge >= 0.3 is 0 Å². The fourth-order valence-corrected chi connectivity index (χ4v) is 3.15. The van der Waals surface area contributed by atoms with Gasteiger partial charge in [0, 0.05) is 17.3 Å². The molecule has 102 valence electrons. The Hall–Kier alpha value is -0.710. The first-order chi connectivity index (χ1) is 8.52. The molecule has 5 heteroatoms. The van der Waals surface area contributed by atoms with Crippen molar-refractivity contribution in [2.24, 2.45) is 4.99 Å². The third-order valence-electron chi connectivity index (χ3n) is 3.70. The van der Waals surface area contributed by atoms with Crippen LogP contribution in [0.5, 0.6) is 0 Å². The molecule has 2 unspecified atom stereocenters. The maximum Gasteiger partial charge on any atom is 0.244 e. The largest absolute Gasteiger partial charge is 0.360 e. The summed E-state index contributed by atoms with van der Waals surface area (Å²) in [5.74, 6) is 1.13. The molecule has 0 bridgehead atoms. The predicted octanol–water partition coefficient (Wildman–Crippen LogP) is 1.90. The van der Waals surface area contributed by atoms with E-state index < -0.39 is 0 Å². The first kappa shape index (κ1) is 13.7. The molecule has 0 spiro atoms. The van der Waals surface area contributed by atoms with Gasteiger partial charge in [0.05, 0.1) is 0 Å². The topological polar surface area (TPSA) is 53.5 Å². The molecule has 2 rings (SSSR count). The maximum atomic E-state index is 11.8. The summed E-state index contributed by atoms with van der Waals surface area (Å²) in [6, 6.07) is 0.118. The van der Waals surface area contributed by atoms with Crippen molar-refractivity contribution in [3.05, 3.63) is 0 Å². The normalized spacial score (nSPS) is 31.8. The van der Waals surface area contributed by atoms with Crippen LogP contribution in [0.15, 0.2) is 4.99 Å². The minimum atomic E-state index is -0.292. The van der Waals surface area contributed by atoms with Crippen LogP contribution in [-0.4, -0.2) is 34.5 Å². The van der Waals surface area contributed by atoms with E-state index in [-0.39, 0.29) is 17.5 Å². The zero-order valence-corrected chi connectivity index (χ0v) is 12.3. The van der Waals surface area contributed by atoms with Crippen molar-refractivity contribution in [2.75, 3.05) is 5.75 Å². The molecule has 2 N–H and O–H groups in total. The number of nitrogens with one attached hydrogen (secondary N) is 2. The van der Waals surface area contributed by atoms with Crippen LogP contribution in [0, 0.1) is 0 Å². The van der Waals surface area contributed by atoms with E-state index in [2.05, 4.69) is 29.5 Å². The number of amidine groups is 1. The van der Waals surface area contributed by atoms with Crippen LogP contribution in [0.2, 0.25) is 0 Å². The minimum Gasteiger partial charge on any atom is -0.360 e. The fraction of sp³-hybridized carbons (Fsp3) is 0.846. The summed E-state index contributed by atoms with van der Waals surface area (Å²) in [4.78, 5) is 16.4. The van der Waals surface area contributed by atoms with Crippen molar-refractivity contribution >= 4 is 22.8 Å². The highest BCUT2D eigenvalue weighted by molar-refractivity contribution is 8.13. The molecule has 2 aliphatic rings. The summed E-state index contributed by atoms with van der Waals surface area (Å²) >= 11 is 1.72. The Morgan fingerprint density at radius 2 is 2.39 bits per heavy atom. The van der Waals surface area contributed by atoms with Crippen LogP contribution in [0.3, 0.4) is 0 Å². The van der Waals surface area contributed by atoms with Crippen LogP contribution in [0.25, 0.3) is 0 Å².